The molecule has 31 heavy (non-hydrogen) atoms. The van der Waals surface area contributed by atoms with Crippen LogP contribution in [0.3, 0.4) is 0 Å². The fourth-order valence-electron chi connectivity index (χ4n) is 3.17. The highest BCUT2D eigenvalue weighted by Gasteiger charge is 2.42. The van der Waals surface area contributed by atoms with Gasteiger partial charge in [0, 0.05) is 16.3 Å². The number of hydrogen-bond donors (Lipinski definition) is 4. The zero-order valence-corrected chi connectivity index (χ0v) is 17.6. The van der Waals surface area contributed by atoms with Crippen LogP contribution in [0.4, 0.5) is 16.2 Å². The lowest BCUT2D eigenvalue weighted by Gasteiger charge is -2.23. The van der Waals surface area contributed by atoms with E-state index >= 15 is 0 Å². The monoisotopic (exact) mass is 440 g/mol. The van der Waals surface area contributed by atoms with E-state index in [0.717, 1.165) is 0 Å². The van der Waals surface area contributed by atoms with Gasteiger partial charge < -0.3 is 20.7 Å². The first-order valence-electron chi connectivity index (χ1n) is 9.53. The number of imide groups is 1. The van der Waals surface area contributed by atoms with E-state index in [1.54, 1.807) is 56.3 Å². The summed E-state index contributed by atoms with van der Waals surface area (Å²) in [6.45, 7) is 3.29. The predicted molar refractivity (Wildman–Crippen MR) is 115 cm³/mol. The number of thioether (sulfide) groups is 1. The Morgan fingerprint density at radius 1 is 1.16 bits per heavy atom. The van der Waals surface area contributed by atoms with Crippen molar-refractivity contribution in [2.45, 2.75) is 30.4 Å². The molecule has 2 aromatic carbocycles. The lowest BCUT2D eigenvalue weighted by atomic mass is 10.1. The second-order valence-corrected chi connectivity index (χ2v) is 8.46. The summed E-state index contributed by atoms with van der Waals surface area (Å²) in [5, 5.41) is 10.4. The van der Waals surface area contributed by atoms with E-state index in [0.29, 0.717) is 27.6 Å². The number of hydrogen-bond acceptors (Lipinski definition) is 6. The van der Waals surface area contributed by atoms with Crippen molar-refractivity contribution in [2.24, 2.45) is 0 Å². The van der Waals surface area contributed by atoms with Gasteiger partial charge in [-0.25, -0.2) is 4.79 Å². The van der Waals surface area contributed by atoms with E-state index in [1.807, 2.05) is 0 Å². The molecule has 0 aromatic heterocycles. The van der Waals surface area contributed by atoms with Crippen LogP contribution in [-0.2, 0) is 9.59 Å². The molecule has 5 amide bonds. The Morgan fingerprint density at radius 2 is 1.94 bits per heavy atom. The van der Waals surface area contributed by atoms with Crippen LogP contribution < -0.4 is 26.0 Å². The molecule has 2 atom stereocenters. The Labute approximate surface area is 182 Å². The standard InChI is InChI=1S/C21H20N4O5S/c1-11-17(26)23-14-9-12(7-8-15(14)30-11)22-18(27)13-5-3-4-6-16(13)31-10-21(2)19(28)24-20(29)25-21/h3-9,11H,10H2,1-2H3,(H,22,27)(H,23,26)(H2,24,25,28,29)/t11-,21-/m0/s1. The number of rotatable bonds is 5. The Hall–Kier alpha value is -3.53. The molecular weight excluding hydrogens is 420 g/mol. The molecule has 9 nitrogen and oxygen atoms in total. The maximum Gasteiger partial charge on any atom is 0.322 e. The molecule has 0 bridgehead atoms. The average Bonchev–Trinajstić information content (AvgIpc) is 2.99. The van der Waals surface area contributed by atoms with Gasteiger partial charge in [-0.3, -0.25) is 19.7 Å². The molecule has 160 valence electrons. The molecule has 0 unspecified atom stereocenters. The van der Waals surface area contributed by atoms with Crippen molar-refractivity contribution in [1.29, 1.82) is 0 Å². The first-order valence-corrected chi connectivity index (χ1v) is 10.5. The largest absolute Gasteiger partial charge is 0.479 e. The third kappa shape index (κ3) is 4.19. The fraction of sp³-hybridized carbons (Fsp3) is 0.238. The van der Waals surface area contributed by atoms with Gasteiger partial charge in [0.1, 0.15) is 11.3 Å². The van der Waals surface area contributed by atoms with Gasteiger partial charge in [-0.15, -0.1) is 11.8 Å². The summed E-state index contributed by atoms with van der Waals surface area (Å²) in [6.07, 6.45) is -0.578. The summed E-state index contributed by atoms with van der Waals surface area (Å²) in [5.74, 6) is -0.209. The second kappa shape index (κ2) is 7.95. The van der Waals surface area contributed by atoms with Crippen LogP contribution >= 0.6 is 11.8 Å². The molecule has 0 aliphatic carbocycles. The van der Waals surface area contributed by atoms with Crippen LogP contribution in [-0.4, -0.2) is 41.1 Å². The zero-order valence-electron chi connectivity index (χ0n) is 16.8. The molecule has 2 aliphatic rings. The van der Waals surface area contributed by atoms with Crippen LogP contribution in [0, 0.1) is 0 Å². The van der Waals surface area contributed by atoms with Crippen molar-refractivity contribution in [1.82, 2.24) is 10.6 Å². The van der Waals surface area contributed by atoms with E-state index in [2.05, 4.69) is 21.3 Å². The van der Waals surface area contributed by atoms with Gasteiger partial charge >= 0.3 is 6.03 Å². The molecule has 1 fully saturated rings. The molecule has 0 saturated carbocycles. The number of amides is 5. The first kappa shape index (κ1) is 20.7. The predicted octanol–water partition coefficient (Wildman–Crippen LogP) is 2.35. The number of anilines is 2. The van der Waals surface area contributed by atoms with Gasteiger partial charge in [0.2, 0.25) is 0 Å². The van der Waals surface area contributed by atoms with Gasteiger partial charge in [-0.2, -0.15) is 0 Å². The molecule has 4 N–H and O–H groups in total. The van der Waals surface area contributed by atoms with E-state index in [1.165, 1.54) is 11.8 Å². The van der Waals surface area contributed by atoms with E-state index < -0.39 is 23.6 Å². The van der Waals surface area contributed by atoms with Gasteiger partial charge in [0.05, 0.1) is 11.3 Å². The minimum absolute atomic E-state index is 0.255. The summed E-state index contributed by atoms with van der Waals surface area (Å²) in [6, 6.07) is 11.5. The molecule has 2 aliphatic heterocycles. The topological polar surface area (TPSA) is 126 Å². The molecular formula is C21H20N4O5S. The normalized spacial score (nSPS) is 22.0. The van der Waals surface area contributed by atoms with Gasteiger partial charge in [-0.1, -0.05) is 12.1 Å². The molecule has 1 saturated heterocycles. The minimum Gasteiger partial charge on any atom is -0.479 e. The Balaban J connectivity index is 1.49. The maximum absolute atomic E-state index is 12.9. The molecule has 2 aromatic rings. The van der Waals surface area contributed by atoms with Gasteiger partial charge in [0.15, 0.2) is 6.10 Å². The number of fused-ring (bicyclic) bond motifs is 1. The summed E-state index contributed by atoms with van der Waals surface area (Å²) in [4.78, 5) is 48.9. The quantitative estimate of drug-likeness (QED) is 0.418. The minimum atomic E-state index is -1.06. The maximum atomic E-state index is 12.9. The number of nitrogens with one attached hydrogen (secondary N) is 4. The van der Waals surface area contributed by atoms with E-state index in [4.69, 9.17) is 4.74 Å². The van der Waals surface area contributed by atoms with Gasteiger partial charge in [-0.05, 0) is 44.2 Å². The SMILES string of the molecule is C[C@@H]1Oc2ccc(NC(=O)c3ccccc3SC[C@]3(C)NC(=O)NC3=O)cc2NC1=O. The van der Waals surface area contributed by atoms with Crippen molar-refractivity contribution in [3.63, 3.8) is 0 Å². The average molecular weight is 440 g/mol. The lowest BCUT2D eigenvalue weighted by Crippen LogP contribution is -2.46. The summed E-state index contributed by atoms with van der Waals surface area (Å²) >= 11 is 1.30. The van der Waals surface area contributed by atoms with Crippen LogP contribution in [0.5, 0.6) is 5.75 Å². The number of benzene rings is 2. The number of carbonyl (C=O) groups is 4. The van der Waals surface area contributed by atoms with Crippen molar-refractivity contribution in [3.8, 4) is 5.75 Å². The molecule has 0 spiro atoms. The Morgan fingerprint density at radius 3 is 2.68 bits per heavy atom. The highest BCUT2D eigenvalue weighted by molar-refractivity contribution is 7.99. The Bertz CT molecular complexity index is 1100. The second-order valence-electron chi connectivity index (χ2n) is 7.44. The highest BCUT2D eigenvalue weighted by atomic mass is 32.2. The van der Waals surface area contributed by atoms with Crippen LogP contribution in [0.1, 0.15) is 24.2 Å². The van der Waals surface area contributed by atoms with Crippen LogP contribution in [0.15, 0.2) is 47.4 Å². The number of urea groups is 1. The van der Waals surface area contributed by atoms with Crippen LogP contribution in [0.2, 0.25) is 0 Å². The first-order chi connectivity index (χ1) is 14.7. The summed E-state index contributed by atoms with van der Waals surface area (Å²) < 4.78 is 5.52. The lowest BCUT2D eigenvalue weighted by molar-refractivity contribution is -0.123. The summed E-state index contributed by atoms with van der Waals surface area (Å²) in [5.41, 5.74) is 0.349. The van der Waals surface area contributed by atoms with Crippen molar-refractivity contribution in [3.05, 3.63) is 48.0 Å². The zero-order chi connectivity index (χ0) is 22.2. The third-order valence-electron chi connectivity index (χ3n) is 4.93. The highest BCUT2D eigenvalue weighted by Crippen LogP contribution is 2.33. The fourth-order valence-corrected chi connectivity index (χ4v) is 4.31. The van der Waals surface area contributed by atoms with Crippen molar-refractivity contribution >= 4 is 46.9 Å². The number of ether oxygens (including phenoxy) is 1. The van der Waals surface area contributed by atoms with E-state index in [9.17, 15) is 19.2 Å². The molecule has 2 heterocycles. The molecule has 10 heteroatoms. The van der Waals surface area contributed by atoms with Gasteiger partial charge in [0.25, 0.3) is 17.7 Å². The van der Waals surface area contributed by atoms with Crippen molar-refractivity contribution in [2.75, 3.05) is 16.4 Å². The van der Waals surface area contributed by atoms with E-state index in [-0.39, 0.29) is 17.6 Å². The summed E-state index contributed by atoms with van der Waals surface area (Å²) in [7, 11) is 0. The van der Waals surface area contributed by atoms with Crippen LogP contribution in [0.25, 0.3) is 0 Å². The number of carbonyl (C=O) groups excluding carboxylic acids is 4. The Kier molecular flexibility index (Phi) is 5.32. The third-order valence-corrected chi connectivity index (χ3v) is 6.32. The molecule has 4 rings (SSSR count). The molecule has 0 radical (unpaired) electrons. The van der Waals surface area contributed by atoms with Crippen molar-refractivity contribution < 1.29 is 23.9 Å². The smallest absolute Gasteiger partial charge is 0.322 e.